The van der Waals surface area contributed by atoms with Gasteiger partial charge in [-0.2, -0.15) is 5.10 Å². The van der Waals surface area contributed by atoms with Crippen LogP contribution in [0.2, 0.25) is 5.02 Å². The Bertz CT molecular complexity index is 583. The van der Waals surface area contributed by atoms with Crippen molar-refractivity contribution in [2.24, 2.45) is 7.05 Å². The van der Waals surface area contributed by atoms with Gasteiger partial charge in [-0.05, 0) is 41.1 Å². The lowest BCUT2D eigenvalue weighted by molar-refractivity contribution is 0.727. The van der Waals surface area contributed by atoms with Gasteiger partial charge in [0.25, 0.3) is 0 Å². The van der Waals surface area contributed by atoms with Crippen LogP contribution in [0.5, 0.6) is 0 Å². The van der Waals surface area contributed by atoms with Crippen LogP contribution in [-0.4, -0.2) is 9.78 Å². The zero-order chi connectivity index (χ0) is 13.3. The molecule has 0 spiro atoms. The zero-order valence-electron chi connectivity index (χ0n) is 10.1. The van der Waals surface area contributed by atoms with E-state index < -0.39 is 0 Å². The standard InChI is InChI=1S/C12H13BrClN3S/c1-7-12(13)10(17(2)16-7)6-18-11-4-3-8(14)5-9(11)15/h3-5H,6,15H2,1-2H3. The van der Waals surface area contributed by atoms with Gasteiger partial charge in [0.05, 0.1) is 15.9 Å². The van der Waals surface area contributed by atoms with Crippen molar-refractivity contribution in [3.63, 3.8) is 0 Å². The lowest BCUT2D eigenvalue weighted by Crippen LogP contribution is -1.97. The molecule has 1 aromatic heterocycles. The highest BCUT2D eigenvalue weighted by Gasteiger charge is 2.11. The molecule has 0 bridgehead atoms. The van der Waals surface area contributed by atoms with E-state index in [0.29, 0.717) is 10.7 Å². The molecule has 2 aromatic rings. The molecule has 0 aliphatic rings. The molecule has 0 fully saturated rings. The second kappa shape index (κ2) is 5.55. The number of hydrogen-bond acceptors (Lipinski definition) is 3. The molecule has 0 saturated carbocycles. The highest BCUT2D eigenvalue weighted by molar-refractivity contribution is 9.10. The molecule has 0 amide bonds. The van der Waals surface area contributed by atoms with Crippen molar-refractivity contribution in [1.82, 2.24) is 9.78 Å². The molecule has 6 heteroatoms. The molecule has 0 unspecified atom stereocenters. The van der Waals surface area contributed by atoms with Crippen LogP contribution in [0.3, 0.4) is 0 Å². The third kappa shape index (κ3) is 2.84. The van der Waals surface area contributed by atoms with Crippen molar-refractivity contribution in [3.8, 4) is 0 Å². The Labute approximate surface area is 124 Å². The van der Waals surface area contributed by atoms with Crippen LogP contribution in [-0.2, 0) is 12.8 Å². The summed E-state index contributed by atoms with van der Waals surface area (Å²) in [7, 11) is 1.94. The van der Waals surface area contributed by atoms with Crippen LogP contribution in [0, 0.1) is 6.92 Å². The summed E-state index contributed by atoms with van der Waals surface area (Å²) in [6, 6.07) is 5.57. The van der Waals surface area contributed by atoms with Crippen LogP contribution in [0.1, 0.15) is 11.4 Å². The van der Waals surface area contributed by atoms with Gasteiger partial charge < -0.3 is 5.73 Å². The molecule has 0 radical (unpaired) electrons. The summed E-state index contributed by atoms with van der Waals surface area (Å²) in [5.74, 6) is 0.809. The molecule has 0 saturated heterocycles. The van der Waals surface area contributed by atoms with Gasteiger partial charge in [-0.3, -0.25) is 4.68 Å². The van der Waals surface area contributed by atoms with Gasteiger partial charge in [-0.1, -0.05) is 11.6 Å². The lowest BCUT2D eigenvalue weighted by atomic mass is 10.3. The largest absolute Gasteiger partial charge is 0.398 e. The molecule has 2 N–H and O–H groups in total. The van der Waals surface area contributed by atoms with E-state index in [1.165, 1.54) is 0 Å². The Kier molecular flexibility index (Phi) is 4.25. The molecule has 1 heterocycles. The van der Waals surface area contributed by atoms with Crippen LogP contribution < -0.4 is 5.73 Å². The number of aromatic nitrogens is 2. The monoisotopic (exact) mass is 345 g/mol. The van der Waals surface area contributed by atoms with E-state index >= 15 is 0 Å². The number of benzene rings is 1. The minimum absolute atomic E-state index is 0.661. The first-order chi connectivity index (χ1) is 8.49. The van der Waals surface area contributed by atoms with E-state index in [0.717, 1.165) is 26.5 Å². The van der Waals surface area contributed by atoms with E-state index in [9.17, 15) is 0 Å². The predicted molar refractivity (Wildman–Crippen MR) is 81.1 cm³/mol. The molecule has 2 rings (SSSR count). The maximum atomic E-state index is 5.93. The number of rotatable bonds is 3. The van der Waals surface area contributed by atoms with Crippen LogP contribution in [0.25, 0.3) is 0 Å². The second-order valence-corrected chi connectivity index (χ2v) is 6.19. The minimum Gasteiger partial charge on any atom is -0.398 e. The topological polar surface area (TPSA) is 43.8 Å². The Hall–Kier alpha value is -0.650. The van der Waals surface area contributed by atoms with Crippen molar-refractivity contribution in [1.29, 1.82) is 0 Å². The second-order valence-electron chi connectivity index (χ2n) is 3.94. The molecule has 0 aliphatic heterocycles. The Balaban J connectivity index is 2.16. The van der Waals surface area contributed by atoms with Crippen molar-refractivity contribution in [3.05, 3.63) is 39.1 Å². The van der Waals surface area contributed by atoms with Crippen LogP contribution >= 0.6 is 39.3 Å². The summed E-state index contributed by atoms with van der Waals surface area (Å²) in [6.07, 6.45) is 0. The SMILES string of the molecule is Cc1nn(C)c(CSc2ccc(Cl)cc2N)c1Br. The van der Waals surface area contributed by atoms with Crippen molar-refractivity contribution in [2.45, 2.75) is 17.6 Å². The summed E-state index contributed by atoms with van der Waals surface area (Å²) < 4.78 is 2.95. The van der Waals surface area contributed by atoms with E-state index in [-0.39, 0.29) is 0 Å². The fourth-order valence-electron chi connectivity index (χ4n) is 1.63. The number of nitrogen functional groups attached to an aromatic ring is 1. The van der Waals surface area contributed by atoms with Gasteiger partial charge in [-0.25, -0.2) is 0 Å². The smallest absolute Gasteiger partial charge is 0.0738 e. The van der Waals surface area contributed by atoms with Gasteiger partial charge >= 0.3 is 0 Å². The summed E-state index contributed by atoms with van der Waals surface area (Å²) in [5, 5.41) is 5.03. The van der Waals surface area contributed by atoms with Gasteiger partial charge in [0, 0.05) is 28.4 Å². The molecular weight excluding hydrogens is 334 g/mol. The number of nitrogens with zero attached hydrogens (tertiary/aromatic N) is 2. The third-order valence-corrected chi connectivity index (χ3v) is 4.97. The highest BCUT2D eigenvalue weighted by Crippen LogP contribution is 2.32. The number of anilines is 1. The zero-order valence-corrected chi connectivity index (χ0v) is 13.2. The first kappa shape index (κ1) is 13.8. The summed E-state index contributed by atoms with van der Waals surface area (Å²) in [4.78, 5) is 1.03. The Morgan fingerprint density at radius 1 is 1.50 bits per heavy atom. The third-order valence-electron chi connectivity index (χ3n) is 2.60. The maximum absolute atomic E-state index is 5.93. The summed E-state index contributed by atoms with van der Waals surface area (Å²) in [5.41, 5.74) is 8.78. The number of thioether (sulfide) groups is 1. The number of halogens is 2. The first-order valence-electron chi connectivity index (χ1n) is 5.35. The van der Waals surface area contributed by atoms with Gasteiger partial charge in [0.15, 0.2) is 0 Å². The number of aryl methyl sites for hydroxylation is 2. The molecule has 96 valence electrons. The van der Waals surface area contributed by atoms with E-state index in [4.69, 9.17) is 17.3 Å². The Morgan fingerprint density at radius 3 is 2.78 bits per heavy atom. The fraction of sp³-hybridized carbons (Fsp3) is 0.250. The van der Waals surface area contributed by atoms with E-state index in [1.54, 1.807) is 17.8 Å². The van der Waals surface area contributed by atoms with Gasteiger partial charge in [0.1, 0.15) is 0 Å². The van der Waals surface area contributed by atoms with E-state index in [1.807, 2.05) is 30.8 Å². The summed E-state index contributed by atoms with van der Waals surface area (Å²) in [6.45, 7) is 1.98. The van der Waals surface area contributed by atoms with Crippen molar-refractivity contribution < 1.29 is 0 Å². The first-order valence-corrected chi connectivity index (χ1v) is 7.50. The van der Waals surface area contributed by atoms with Crippen molar-refractivity contribution >= 4 is 45.0 Å². The quantitative estimate of drug-likeness (QED) is 0.674. The molecule has 0 atom stereocenters. The van der Waals surface area contributed by atoms with Crippen LogP contribution in [0.15, 0.2) is 27.6 Å². The maximum Gasteiger partial charge on any atom is 0.0738 e. The normalized spacial score (nSPS) is 10.9. The molecule has 3 nitrogen and oxygen atoms in total. The molecule has 0 aliphatic carbocycles. The molecular formula is C12H13BrClN3S. The number of hydrogen-bond donors (Lipinski definition) is 1. The molecule has 1 aromatic carbocycles. The number of nitrogens with two attached hydrogens (primary N) is 1. The minimum atomic E-state index is 0.661. The molecule has 18 heavy (non-hydrogen) atoms. The lowest BCUT2D eigenvalue weighted by Gasteiger charge is -2.06. The van der Waals surface area contributed by atoms with Gasteiger partial charge in [-0.15, -0.1) is 11.8 Å². The van der Waals surface area contributed by atoms with Gasteiger partial charge in [0.2, 0.25) is 0 Å². The highest BCUT2D eigenvalue weighted by atomic mass is 79.9. The van der Waals surface area contributed by atoms with Crippen molar-refractivity contribution in [2.75, 3.05) is 5.73 Å². The summed E-state index contributed by atoms with van der Waals surface area (Å²) >= 11 is 11.1. The predicted octanol–water partition coefficient (Wildman–Crippen LogP) is 4.02. The van der Waals surface area contributed by atoms with Crippen LogP contribution in [0.4, 0.5) is 5.69 Å². The van der Waals surface area contributed by atoms with E-state index in [2.05, 4.69) is 21.0 Å². The fourth-order valence-corrected chi connectivity index (χ4v) is 3.49. The average molecular weight is 347 g/mol. The Morgan fingerprint density at radius 2 is 2.22 bits per heavy atom. The average Bonchev–Trinajstić information content (AvgIpc) is 2.53.